The third-order valence-corrected chi connectivity index (χ3v) is 4.58. The minimum absolute atomic E-state index is 0.740. The molecule has 3 atom stereocenters. The molecular formula is C17H36N2. The van der Waals surface area contributed by atoms with E-state index in [4.69, 9.17) is 0 Å². The van der Waals surface area contributed by atoms with Gasteiger partial charge < -0.3 is 5.32 Å². The molecule has 3 unspecified atom stereocenters. The molecule has 114 valence electrons. The Morgan fingerprint density at radius 2 is 1.89 bits per heavy atom. The highest BCUT2D eigenvalue weighted by Gasteiger charge is 2.24. The quantitative estimate of drug-likeness (QED) is 0.682. The molecule has 1 N–H and O–H groups in total. The summed E-state index contributed by atoms with van der Waals surface area (Å²) in [5.41, 5.74) is 0. The second-order valence-electron chi connectivity index (χ2n) is 6.95. The summed E-state index contributed by atoms with van der Waals surface area (Å²) in [5, 5.41) is 3.66. The molecule has 1 heterocycles. The van der Waals surface area contributed by atoms with Crippen LogP contribution < -0.4 is 5.32 Å². The fraction of sp³-hybridized carbons (Fsp3) is 1.00. The SMILES string of the molecule is CCC(C)CC(CC)N(CC(C)C)CC1CCCN1. The van der Waals surface area contributed by atoms with Crippen molar-refractivity contribution >= 4 is 0 Å². The van der Waals surface area contributed by atoms with E-state index in [0.29, 0.717) is 0 Å². The summed E-state index contributed by atoms with van der Waals surface area (Å²) in [7, 11) is 0. The lowest BCUT2D eigenvalue weighted by molar-refractivity contribution is 0.136. The molecule has 1 fully saturated rings. The van der Waals surface area contributed by atoms with Crippen LogP contribution in [-0.2, 0) is 0 Å². The van der Waals surface area contributed by atoms with Crippen LogP contribution in [0.15, 0.2) is 0 Å². The van der Waals surface area contributed by atoms with Crippen molar-refractivity contribution < 1.29 is 0 Å². The summed E-state index contributed by atoms with van der Waals surface area (Å²) < 4.78 is 0. The van der Waals surface area contributed by atoms with E-state index in [-0.39, 0.29) is 0 Å². The zero-order chi connectivity index (χ0) is 14.3. The fourth-order valence-electron chi connectivity index (χ4n) is 3.24. The summed E-state index contributed by atoms with van der Waals surface area (Å²) in [6, 6.07) is 1.52. The summed E-state index contributed by atoms with van der Waals surface area (Å²) in [6.45, 7) is 15.5. The van der Waals surface area contributed by atoms with Gasteiger partial charge in [0.2, 0.25) is 0 Å². The lowest BCUT2D eigenvalue weighted by atomic mass is 9.95. The highest BCUT2D eigenvalue weighted by molar-refractivity contribution is 4.82. The van der Waals surface area contributed by atoms with Crippen LogP contribution in [0.4, 0.5) is 0 Å². The Kier molecular flexibility index (Phi) is 8.01. The molecule has 0 saturated carbocycles. The summed E-state index contributed by atoms with van der Waals surface area (Å²) >= 11 is 0. The van der Waals surface area contributed by atoms with Gasteiger partial charge in [0, 0.05) is 25.2 Å². The van der Waals surface area contributed by atoms with Gasteiger partial charge in [-0.05, 0) is 44.1 Å². The lowest BCUT2D eigenvalue weighted by Crippen LogP contribution is -2.45. The molecule has 0 amide bonds. The van der Waals surface area contributed by atoms with Gasteiger partial charge in [-0.2, -0.15) is 0 Å². The smallest absolute Gasteiger partial charge is 0.0195 e. The molecule has 0 aromatic rings. The van der Waals surface area contributed by atoms with Crippen LogP contribution in [0.3, 0.4) is 0 Å². The second-order valence-corrected chi connectivity index (χ2v) is 6.95. The molecule has 0 aliphatic carbocycles. The predicted molar refractivity (Wildman–Crippen MR) is 85.6 cm³/mol. The zero-order valence-corrected chi connectivity index (χ0v) is 13.9. The van der Waals surface area contributed by atoms with Crippen LogP contribution in [0.2, 0.25) is 0 Å². The van der Waals surface area contributed by atoms with Crippen molar-refractivity contribution in [1.29, 1.82) is 0 Å². The fourth-order valence-corrected chi connectivity index (χ4v) is 3.24. The third kappa shape index (κ3) is 6.27. The number of nitrogens with one attached hydrogen (secondary N) is 1. The van der Waals surface area contributed by atoms with Crippen LogP contribution >= 0.6 is 0 Å². The Morgan fingerprint density at radius 1 is 1.16 bits per heavy atom. The molecule has 0 aromatic carbocycles. The van der Waals surface area contributed by atoms with E-state index in [1.807, 2.05) is 0 Å². The lowest BCUT2D eigenvalue weighted by Gasteiger charge is -2.35. The molecule has 2 nitrogen and oxygen atoms in total. The minimum Gasteiger partial charge on any atom is -0.313 e. The van der Waals surface area contributed by atoms with Crippen molar-refractivity contribution in [3.8, 4) is 0 Å². The first-order valence-corrected chi connectivity index (χ1v) is 8.54. The van der Waals surface area contributed by atoms with Gasteiger partial charge in [-0.15, -0.1) is 0 Å². The average Bonchev–Trinajstić information content (AvgIpc) is 2.87. The Morgan fingerprint density at radius 3 is 2.37 bits per heavy atom. The number of rotatable bonds is 9. The maximum atomic E-state index is 3.66. The molecule has 0 aromatic heterocycles. The molecule has 0 spiro atoms. The van der Waals surface area contributed by atoms with Crippen molar-refractivity contribution in [3.05, 3.63) is 0 Å². The van der Waals surface area contributed by atoms with Gasteiger partial charge in [-0.25, -0.2) is 0 Å². The first kappa shape index (κ1) is 17.0. The first-order chi connectivity index (χ1) is 9.06. The van der Waals surface area contributed by atoms with Crippen molar-refractivity contribution in [3.63, 3.8) is 0 Å². The monoisotopic (exact) mass is 268 g/mol. The van der Waals surface area contributed by atoms with Gasteiger partial charge in [0.05, 0.1) is 0 Å². The number of nitrogens with zero attached hydrogens (tertiary/aromatic N) is 1. The summed E-state index contributed by atoms with van der Waals surface area (Å²) in [6.07, 6.45) is 6.71. The average molecular weight is 268 g/mol. The predicted octanol–water partition coefficient (Wildman–Crippen LogP) is 3.91. The highest BCUT2D eigenvalue weighted by atomic mass is 15.2. The van der Waals surface area contributed by atoms with Crippen LogP contribution in [0, 0.1) is 11.8 Å². The van der Waals surface area contributed by atoms with Crippen molar-refractivity contribution in [2.24, 2.45) is 11.8 Å². The van der Waals surface area contributed by atoms with Gasteiger partial charge in [0.25, 0.3) is 0 Å². The Hall–Kier alpha value is -0.0800. The summed E-state index contributed by atoms with van der Waals surface area (Å²) in [4.78, 5) is 2.78. The third-order valence-electron chi connectivity index (χ3n) is 4.58. The standard InChI is InChI=1S/C17H36N2/c1-6-15(5)11-17(7-2)19(12-14(3)4)13-16-9-8-10-18-16/h14-18H,6-13H2,1-5H3. The van der Waals surface area contributed by atoms with E-state index in [9.17, 15) is 0 Å². The van der Waals surface area contributed by atoms with Crippen LogP contribution in [0.1, 0.15) is 66.7 Å². The zero-order valence-electron chi connectivity index (χ0n) is 13.9. The van der Waals surface area contributed by atoms with Crippen molar-refractivity contribution in [2.45, 2.75) is 78.8 Å². The second kappa shape index (κ2) is 8.97. The highest BCUT2D eigenvalue weighted by Crippen LogP contribution is 2.20. The van der Waals surface area contributed by atoms with E-state index < -0.39 is 0 Å². The molecule has 19 heavy (non-hydrogen) atoms. The van der Waals surface area contributed by atoms with Crippen LogP contribution in [-0.4, -0.2) is 36.6 Å². The molecule has 1 rings (SSSR count). The summed E-state index contributed by atoms with van der Waals surface area (Å²) in [5.74, 6) is 1.63. The van der Waals surface area contributed by atoms with Crippen LogP contribution in [0.25, 0.3) is 0 Å². The molecule has 0 radical (unpaired) electrons. The Labute approximate surface area is 121 Å². The van der Waals surface area contributed by atoms with Crippen LogP contribution in [0.5, 0.6) is 0 Å². The molecular weight excluding hydrogens is 232 g/mol. The van der Waals surface area contributed by atoms with Crippen molar-refractivity contribution in [1.82, 2.24) is 10.2 Å². The van der Waals surface area contributed by atoms with E-state index in [1.54, 1.807) is 0 Å². The van der Waals surface area contributed by atoms with E-state index in [0.717, 1.165) is 23.9 Å². The molecule has 1 aliphatic rings. The largest absolute Gasteiger partial charge is 0.313 e. The normalized spacial score (nSPS) is 23.2. The first-order valence-electron chi connectivity index (χ1n) is 8.54. The van der Waals surface area contributed by atoms with E-state index >= 15 is 0 Å². The van der Waals surface area contributed by atoms with Gasteiger partial charge >= 0.3 is 0 Å². The minimum atomic E-state index is 0.740. The Bertz CT molecular complexity index is 221. The maximum absolute atomic E-state index is 3.66. The van der Waals surface area contributed by atoms with Gasteiger partial charge in [0.15, 0.2) is 0 Å². The molecule has 1 aliphatic heterocycles. The molecule has 2 heteroatoms. The number of hydrogen-bond donors (Lipinski definition) is 1. The van der Waals surface area contributed by atoms with Gasteiger partial charge in [-0.3, -0.25) is 4.90 Å². The van der Waals surface area contributed by atoms with Gasteiger partial charge in [-0.1, -0.05) is 41.0 Å². The molecule has 1 saturated heterocycles. The van der Waals surface area contributed by atoms with E-state index in [2.05, 4.69) is 44.8 Å². The molecule has 0 bridgehead atoms. The van der Waals surface area contributed by atoms with E-state index in [1.165, 1.54) is 51.7 Å². The number of hydrogen-bond acceptors (Lipinski definition) is 2. The maximum Gasteiger partial charge on any atom is 0.0195 e. The van der Waals surface area contributed by atoms with Crippen molar-refractivity contribution in [2.75, 3.05) is 19.6 Å². The topological polar surface area (TPSA) is 15.3 Å². The Balaban J connectivity index is 2.57. The van der Waals surface area contributed by atoms with Gasteiger partial charge in [0.1, 0.15) is 0 Å².